The molecule has 1 aromatic rings. The third-order valence-corrected chi connectivity index (χ3v) is 4.20. The fraction of sp³-hybridized carbons (Fsp3) is 0.538. The number of hydrogen-bond donors (Lipinski definition) is 0. The lowest BCUT2D eigenvalue weighted by Gasteiger charge is -2.33. The molecule has 0 unspecified atom stereocenters. The van der Waals surface area contributed by atoms with E-state index in [1.54, 1.807) is 12.1 Å². The molecule has 2 fully saturated rings. The van der Waals surface area contributed by atoms with Gasteiger partial charge in [-0.3, -0.25) is 10.1 Å². The van der Waals surface area contributed by atoms with E-state index in [1.807, 2.05) is 12.1 Å². The van der Waals surface area contributed by atoms with Crippen LogP contribution in [0.3, 0.4) is 0 Å². The molecule has 0 N–H and O–H groups in total. The van der Waals surface area contributed by atoms with Crippen LogP contribution in [0.5, 0.6) is 0 Å². The standard InChI is InChI=1S/C13H16N2O2/c16-15(17)12-4-2-1-3-11(12)14-9-7-13(5-6-13)8-10-14/h1-4H,5-10H2. The summed E-state index contributed by atoms with van der Waals surface area (Å²) in [5, 5.41) is 11.0. The zero-order valence-electron chi connectivity index (χ0n) is 9.76. The van der Waals surface area contributed by atoms with Crippen LogP contribution in [0.2, 0.25) is 0 Å². The number of nitro benzene ring substituents is 1. The maximum atomic E-state index is 11.0. The van der Waals surface area contributed by atoms with Gasteiger partial charge in [-0.05, 0) is 37.2 Å². The van der Waals surface area contributed by atoms with Gasteiger partial charge in [0.15, 0.2) is 0 Å². The van der Waals surface area contributed by atoms with Gasteiger partial charge in [0.25, 0.3) is 5.69 Å². The molecule has 1 saturated carbocycles. The van der Waals surface area contributed by atoms with Gasteiger partial charge in [-0.25, -0.2) is 0 Å². The number of nitro groups is 1. The molecule has 1 aliphatic heterocycles. The third-order valence-electron chi connectivity index (χ3n) is 4.20. The van der Waals surface area contributed by atoms with Crippen LogP contribution in [0.25, 0.3) is 0 Å². The number of anilines is 1. The summed E-state index contributed by atoms with van der Waals surface area (Å²) in [6, 6.07) is 7.07. The van der Waals surface area contributed by atoms with E-state index in [2.05, 4.69) is 4.90 Å². The third kappa shape index (κ3) is 1.88. The monoisotopic (exact) mass is 232 g/mol. The molecule has 1 saturated heterocycles. The van der Waals surface area contributed by atoms with Gasteiger partial charge in [-0.1, -0.05) is 12.1 Å². The van der Waals surface area contributed by atoms with Gasteiger partial charge in [-0.2, -0.15) is 0 Å². The van der Waals surface area contributed by atoms with Gasteiger partial charge in [0.05, 0.1) is 4.92 Å². The first kappa shape index (κ1) is 10.6. The largest absolute Gasteiger partial charge is 0.366 e. The van der Waals surface area contributed by atoms with Crippen molar-refractivity contribution in [2.24, 2.45) is 5.41 Å². The van der Waals surface area contributed by atoms with Crippen LogP contribution in [0, 0.1) is 15.5 Å². The summed E-state index contributed by atoms with van der Waals surface area (Å²) in [5.41, 5.74) is 1.63. The first-order valence-electron chi connectivity index (χ1n) is 6.19. The molecule has 2 aliphatic rings. The van der Waals surface area contributed by atoms with Gasteiger partial charge >= 0.3 is 0 Å². The van der Waals surface area contributed by atoms with E-state index in [-0.39, 0.29) is 10.6 Å². The second kappa shape index (κ2) is 3.72. The first-order chi connectivity index (χ1) is 8.20. The molecule has 0 atom stereocenters. The zero-order valence-corrected chi connectivity index (χ0v) is 9.76. The fourth-order valence-corrected chi connectivity index (χ4v) is 2.78. The summed E-state index contributed by atoms with van der Waals surface area (Å²) in [7, 11) is 0. The minimum Gasteiger partial charge on any atom is -0.366 e. The summed E-state index contributed by atoms with van der Waals surface area (Å²) in [6.45, 7) is 1.93. The topological polar surface area (TPSA) is 46.4 Å². The highest BCUT2D eigenvalue weighted by molar-refractivity contribution is 5.63. The molecule has 4 heteroatoms. The van der Waals surface area contributed by atoms with Crippen LogP contribution in [0.15, 0.2) is 24.3 Å². The number of piperidine rings is 1. The Morgan fingerprint density at radius 3 is 2.35 bits per heavy atom. The normalized spacial score (nSPS) is 21.5. The van der Waals surface area contributed by atoms with Crippen molar-refractivity contribution in [3.63, 3.8) is 0 Å². The lowest BCUT2D eigenvalue weighted by molar-refractivity contribution is -0.384. The van der Waals surface area contributed by atoms with Gasteiger partial charge < -0.3 is 4.90 Å². The smallest absolute Gasteiger partial charge is 0.292 e. The Morgan fingerprint density at radius 2 is 1.76 bits per heavy atom. The molecule has 4 nitrogen and oxygen atoms in total. The molecule has 3 rings (SSSR count). The molecule has 0 amide bonds. The average Bonchev–Trinajstić information content (AvgIpc) is 3.10. The summed E-state index contributed by atoms with van der Waals surface area (Å²) in [6.07, 6.45) is 5.10. The average molecular weight is 232 g/mol. The van der Waals surface area contributed by atoms with Crippen molar-refractivity contribution in [2.75, 3.05) is 18.0 Å². The highest BCUT2D eigenvalue weighted by Gasteiger charge is 2.44. The van der Waals surface area contributed by atoms with Crippen LogP contribution in [-0.2, 0) is 0 Å². The second-order valence-corrected chi connectivity index (χ2v) is 5.23. The Morgan fingerprint density at radius 1 is 1.12 bits per heavy atom. The van der Waals surface area contributed by atoms with Gasteiger partial charge in [0.2, 0.25) is 0 Å². The highest BCUT2D eigenvalue weighted by Crippen LogP contribution is 2.54. The first-order valence-corrected chi connectivity index (χ1v) is 6.19. The fourth-order valence-electron chi connectivity index (χ4n) is 2.78. The lowest BCUT2D eigenvalue weighted by Crippen LogP contribution is -2.34. The van der Waals surface area contributed by atoms with Gasteiger partial charge in [0.1, 0.15) is 5.69 Å². The number of rotatable bonds is 2. The summed E-state index contributed by atoms with van der Waals surface area (Å²) < 4.78 is 0. The molecule has 0 aromatic heterocycles. The number of para-hydroxylation sites is 2. The maximum Gasteiger partial charge on any atom is 0.292 e. The Hall–Kier alpha value is -1.58. The summed E-state index contributed by atoms with van der Waals surface area (Å²) >= 11 is 0. The molecule has 0 bridgehead atoms. The predicted octanol–water partition coefficient (Wildman–Crippen LogP) is 2.98. The number of hydrogen-bond acceptors (Lipinski definition) is 3. The van der Waals surface area contributed by atoms with E-state index in [9.17, 15) is 10.1 Å². The summed E-state index contributed by atoms with van der Waals surface area (Å²) in [4.78, 5) is 12.9. The second-order valence-electron chi connectivity index (χ2n) is 5.23. The van der Waals surface area contributed by atoms with Crippen LogP contribution in [0.1, 0.15) is 25.7 Å². The Balaban J connectivity index is 1.82. The van der Waals surface area contributed by atoms with Crippen LogP contribution in [-0.4, -0.2) is 18.0 Å². The summed E-state index contributed by atoms with van der Waals surface area (Å²) in [5.74, 6) is 0. The van der Waals surface area contributed by atoms with Crippen LogP contribution < -0.4 is 4.90 Å². The van der Waals surface area contributed by atoms with E-state index in [1.165, 1.54) is 25.7 Å². The minimum absolute atomic E-state index is 0.235. The molecular formula is C13H16N2O2. The van der Waals surface area contributed by atoms with E-state index in [0.29, 0.717) is 5.41 Å². The van der Waals surface area contributed by atoms with Crippen molar-refractivity contribution in [2.45, 2.75) is 25.7 Å². The SMILES string of the molecule is O=[N+]([O-])c1ccccc1N1CCC2(CC1)CC2. The molecular weight excluding hydrogens is 216 g/mol. The van der Waals surface area contributed by atoms with Crippen molar-refractivity contribution in [1.82, 2.24) is 0 Å². The molecule has 1 aromatic carbocycles. The quantitative estimate of drug-likeness (QED) is 0.581. The van der Waals surface area contributed by atoms with E-state index < -0.39 is 0 Å². The zero-order chi connectivity index (χ0) is 11.9. The van der Waals surface area contributed by atoms with Crippen molar-refractivity contribution < 1.29 is 4.92 Å². The number of nitrogens with zero attached hydrogens (tertiary/aromatic N) is 2. The van der Waals surface area contributed by atoms with Crippen molar-refractivity contribution in [3.8, 4) is 0 Å². The van der Waals surface area contributed by atoms with Crippen molar-refractivity contribution in [3.05, 3.63) is 34.4 Å². The van der Waals surface area contributed by atoms with Crippen LogP contribution in [0.4, 0.5) is 11.4 Å². The molecule has 1 spiro atoms. The van der Waals surface area contributed by atoms with E-state index >= 15 is 0 Å². The molecule has 1 aliphatic carbocycles. The molecule has 90 valence electrons. The van der Waals surface area contributed by atoms with Crippen LogP contribution >= 0.6 is 0 Å². The molecule has 1 heterocycles. The van der Waals surface area contributed by atoms with Gasteiger partial charge in [-0.15, -0.1) is 0 Å². The Kier molecular flexibility index (Phi) is 2.31. The Labute approximate surface area is 100 Å². The highest BCUT2D eigenvalue weighted by atomic mass is 16.6. The van der Waals surface area contributed by atoms with E-state index in [4.69, 9.17) is 0 Å². The van der Waals surface area contributed by atoms with Gasteiger partial charge in [0, 0.05) is 19.2 Å². The molecule has 0 radical (unpaired) electrons. The maximum absolute atomic E-state index is 11.0. The lowest BCUT2D eigenvalue weighted by atomic mass is 9.93. The molecule has 17 heavy (non-hydrogen) atoms. The van der Waals surface area contributed by atoms with E-state index in [0.717, 1.165) is 18.8 Å². The van der Waals surface area contributed by atoms with Crippen molar-refractivity contribution in [1.29, 1.82) is 0 Å². The minimum atomic E-state index is -0.281. The van der Waals surface area contributed by atoms with Crippen molar-refractivity contribution >= 4 is 11.4 Å². The predicted molar refractivity (Wildman–Crippen MR) is 66.2 cm³/mol. The number of benzene rings is 1. The Bertz CT molecular complexity index is 444.